The number of carboxylic acid groups (broad SMARTS) is 1. The van der Waals surface area contributed by atoms with Crippen molar-refractivity contribution in [3.05, 3.63) is 125 Å². The minimum atomic E-state index is -4.19. The molecule has 6 aromatic rings. The Bertz CT molecular complexity index is 4260. The third-order valence-corrected chi connectivity index (χ3v) is 22.7. The van der Waals surface area contributed by atoms with E-state index >= 15 is 0 Å². The fourth-order valence-corrected chi connectivity index (χ4v) is 18.4. The Morgan fingerprint density at radius 2 is 1.56 bits per heavy atom. The Morgan fingerprint density at radius 3 is 2.27 bits per heavy atom. The van der Waals surface area contributed by atoms with Crippen molar-refractivity contribution in [3.8, 4) is 16.9 Å². The van der Waals surface area contributed by atoms with E-state index in [-0.39, 0.29) is 117 Å². The molecule has 6 aliphatic rings. The van der Waals surface area contributed by atoms with Crippen LogP contribution in [0.5, 0.6) is 5.75 Å². The predicted octanol–water partition coefficient (Wildman–Crippen LogP) is 9.59. The van der Waals surface area contributed by atoms with Crippen molar-refractivity contribution in [1.29, 1.82) is 0 Å². The van der Waals surface area contributed by atoms with Crippen molar-refractivity contribution in [3.63, 3.8) is 0 Å². The van der Waals surface area contributed by atoms with Crippen LogP contribution in [0.1, 0.15) is 150 Å². The molecule has 2 aliphatic heterocycles. The highest BCUT2D eigenvalue weighted by Crippen LogP contribution is 2.72. The van der Waals surface area contributed by atoms with Gasteiger partial charge in [0.25, 0.3) is 11.8 Å². The fourth-order valence-electron chi connectivity index (χ4n) is 17.0. The van der Waals surface area contributed by atoms with Crippen LogP contribution in [-0.2, 0) is 70.7 Å². The van der Waals surface area contributed by atoms with E-state index in [2.05, 4.69) is 45.3 Å². The molecule has 12 rings (SSSR count). The molecule has 4 fully saturated rings. The quantitative estimate of drug-likeness (QED) is 0.0101. The summed E-state index contributed by atoms with van der Waals surface area (Å²) in [6.45, 7) is 13.2. The number of primary amides is 1. The number of carboxylic acids is 1. The highest BCUT2D eigenvalue weighted by atomic mass is 32.1. The molecule has 4 bridgehead atoms. The summed E-state index contributed by atoms with van der Waals surface area (Å²) in [6, 6.07) is 19.5. The SMILES string of the molecule is Cc1c(-c2ccc(N3CCc4c(OCCCP(=O)(O)O)ccc(CNc5nc6ccccc6s5)c4C3)nc2C(=O)O)cnn1CC12CC3(C)CC(C)(C1)CC(OCCN(C)C(=O)OCc1ccc(NC(=O)[C@H](CCCNC(N)=O)NC(=O)[C@@H](NC(=O)CCCCCN4C(=O)C=CC4=O)C(C)C)cc1)(C3)C2. The highest BCUT2D eigenvalue weighted by Gasteiger charge is 2.66. The van der Waals surface area contributed by atoms with Gasteiger partial charge >= 0.3 is 25.7 Å². The number of unbranched alkanes of at least 4 members (excludes halogenated alkanes) is 2. The number of nitrogens with one attached hydrogen (secondary N) is 5. The number of nitrogens with two attached hydrogens (primary N) is 1. The molecule has 3 aromatic heterocycles. The fraction of sp³-hybridized carbons (Fsp3) is 0.507. The summed E-state index contributed by atoms with van der Waals surface area (Å²) in [5.41, 5.74) is 11.4. The second-order valence-corrected chi connectivity index (χ2v) is 32.9. The number of anilines is 3. The average Bonchev–Trinajstić information content (AvgIpc) is 0.984. The largest absolute Gasteiger partial charge is 0.493 e. The summed E-state index contributed by atoms with van der Waals surface area (Å²) >= 11 is 1.56. The number of carbonyl (C=O) groups excluding carboxylic acids is 7. The van der Waals surface area contributed by atoms with Crippen molar-refractivity contribution >= 4 is 93.4 Å². The average molecular weight is 1480 g/mol. The van der Waals surface area contributed by atoms with Crippen LogP contribution in [0.4, 0.5) is 26.2 Å². The first-order valence-electron chi connectivity index (χ1n) is 36.0. The van der Waals surface area contributed by atoms with Gasteiger partial charge in [-0.25, -0.2) is 24.4 Å². The first-order chi connectivity index (χ1) is 50.0. The third kappa shape index (κ3) is 19.2. The highest BCUT2D eigenvalue weighted by molar-refractivity contribution is 7.51. The number of hydrogen-bond acceptors (Lipinski definition) is 18. The zero-order valence-corrected chi connectivity index (χ0v) is 62.1. The lowest BCUT2D eigenvalue weighted by molar-refractivity contribution is -0.248. The number of likely N-dealkylation sites (N-methyl/N-ethyl adjacent to an activating group) is 1. The van der Waals surface area contributed by atoms with Crippen LogP contribution in [-0.4, -0.2) is 162 Å². The van der Waals surface area contributed by atoms with Gasteiger partial charge in [0.15, 0.2) is 10.8 Å². The number of aromatic carboxylic acids is 1. The number of para-hydroxylation sites is 1. The van der Waals surface area contributed by atoms with E-state index in [1.807, 2.05) is 60.1 Å². The number of benzene rings is 3. The molecule has 30 heteroatoms. The number of carbonyl (C=O) groups is 8. The molecule has 0 radical (unpaired) electrons. The van der Waals surface area contributed by atoms with Gasteiger partial charge in [0.05, 0.1) is 41.4 Å². The molecular weight excluding hydrogens is 1390 g/mol. The molecule has 105 heavy (non-hydrogen) atoms. The Kier molecular flexibility index (Phi) is 23.9. The van der Waals surface area contributed by atoms with Crippen molar-refractivity contribution in [2.45, 2.75) is 168 Å². The standard InChI is InChI=1S/C75H96N13O15PS/c1-47(2)64(84-61(89)17-8-7-11-30-87-62(90)26-27-63(87)91)67(93)81-57(15-12-29-77-69(76)96)66(92)80-51-21-18-49(19-22-51)39-102-71(97)85(6)32-34-103-75-43-72(4)40-73(5,44-75)42-74(41-72,45-75)46-88-48(3)54(37-79-88)53-23-25-60(83-65(53)68(94)95)86-31-28-52-55(38-86)50(20-24-58(52)101-33-13-35-104(98,99)100)36-78-70-82-56-14-9-10-16-59(56)105-70/h9-10,14,16,18-27,37,47,57,64H,7-8,11-13,15,17,28-36,38-46H2,1-6H3,(H,78,82)(H,80,92)(H,81,93)(H,84,89)(H,94,95)(H3,76,77,96)(H2,98,99,100)/t57-,64-,72?,73?,74?,75?/m0/s1. The van der Waals surface area contributed by atoms with Crippen LogP contribution in [0.15, 0.2) is 91.1 Å². The summed E-state index contributed by atoms with van der Waals surface area (Å²) in [7, 11) is -2.52. The van der Waals surface area contributed by atoms with Crippen LogP contribution in [0.3, 0.4) is 0 Å². The molecule has 0 saturated heterocycles. The van der Waals surface area contributed by atoms with E-state index in [4.69, 9.17) is 35.0 Å². The normalized spacial score (nSPS) is 20.8. The van der Waals surface area contributed by atoms with Crippen molar-refractivity contribution in [2.75, 3.05) is 68.1 Å². The minimum absolute atomic E-state index is 0.0107. The maximum atomic E-state index is 13.8. The van der Waals surface area contributed by atoms with Gasteiger partial charge in [0, 0.05) is 99.5 Å². The lowest BCUT2D eigenvalue weighted by Gasteiger charge is -2.69. The number of amides is 8. The van der Waals surface area contributed by atoms with E-state index in [0.717, 1.165) is 81.2 Å². The van der Waals surface area contributed by atoms with Gasteiger partial charge in [0.2, 0.25) is 17.7 Å². The Labute approximate surface area is 614 Å². The summed E-state index contributed by atoms with van der Waals surface area (Å²) in [5, 5.41) is 31.0. The second-order valence-electron chi connectivity index (χ2n) is 30.1. The molecule has 8 amide bonds. The number of urea groups is 1. The van der Waals surface area contributed by atoms with Crippen molar-refractivity contribution in [1.82, 2.24) is 45.5 Å². The van der Waals surface area contributed by atoms with Gasteiger partial charge < -0.3 is 71.2 Å². The lowest BCUT2D eigenvalue weighted by Crippen LogP contribution is -2.64. The van der Waals surface area contributed by atoms with Gasteiger partial charge in [-0.05, 0) is 165 Å². The number of thiazole rings is 1. The summed E-state index contributed by atoms with van der Waals surface area (Å²) in [4.78, 5) is 136. The number of aromatic nitrogens is 4. The van der Waals surface area contributed by atoms with E-state index < -0.39 is 55.2 Å². The number of pyridine rings is 1. The molecule has 562 valence electrons. The van der Waals surface area contributed by atoms with Gasteiger partial charge in [-0.15, -0.1) is 0 Å². The molecular formula is C75H96N13O15PS. The van der Waals surface area contributed by atoms with E-state index in [0.29, 0.717) is 85.8 Å². The van der Waals surface area contributed by atoms with Crippen LogP contribution in [0.25, 0.3) is 21.3 Å². The first kappa shape index (κ1) is 76.8. The number of fused-ring (bicyclic) bond motifs is 2. The number of rotatable bonds is 35. The Hall–Kier alpha value is -9.28. The zero-order valence-electron chi connectivity index (χ0n) is 60.4. The summed E-state index contributed by atoms with van der Waals surface area (Å²) in [6.07, 6.45) is 11.8. The smallest absolute Gasteiger partial charge is 0.409 e. The van der Waals surface area contributed by atoms with E-state index in [1.165, 1.54) is 17.1 Å². The van der Waals surface area contributed by atoms with Gasteiger partial charge in [-0.2, -0.15) is 5.10 Å². The number of ether oxygens (including phenoxy) is 3. The number of hydrogen-bond donors (Lipinski definition) is 9. The molecule has 4 saturated carbocycles. The summed E-state index contributed by atoms with van der Waals surface area (Å²) < 4.78 is 33.6. The van der Waals surface area contributed by atoms with Gasteiger partial charge in [0.1, 0.15) is 30.3 Å². The first-order valence-corrected chi connectivity index (χ1v) is 38.6. The van der Waals surface area contributed by atoms with Crippen molar-refractivity contribution in [2.24, 2.45) is 27.9 Å². The molecule has 3 aromatic carbocycles. The van der Waals surface area contributed by atoms with Gasteiger partial charge in [-0.3, -0.25) is 38.1 Å². The lowest BCUT2D eigenvalue weighted by atomic mass is 9.39. The molecule has 2 unspecified atom stereocenters. The molecule has 5 heterocycles. The van der Waals surface area contributed by atoms with Crippen LogP contribution in [0, 0.1) is 29.1 Å². The van der Waals surface area contributed by atoms with Gasteiger partial charge in [-0.1, -0.05) is 75.8 Å². The predicted molar refractivity (Wildman–Crippen MR) is 395 cm³/mol. The topological polar surface area (TPSA) is 381 Å². The number of imide groups is 1. The molecule has 0 spiro atoms. The second kappa shape index (κ2) is 32.6. The minimum Gasteiger partial charge on any atom is -0.493 e. The van der Waals surface area contributed by atoms with Crippen molar-refractivity contribution < 1.29 is 72.0 Å². The zero-order chi connectivity index (χ0) is 75.0. The maximum Gasteiger partial charge on any atom is 0.409 e. The molecule has 10 N–H and O–H groups in total. The Balaban J connectivity index is 0.678. The molecule has 4 aliphatic carbocycles. The monoisotopic (exact) mass is 1480 g/mol. The molecule has 28 nitrogen and oxygen atoms in total. The van der Waals surface area contributed by atoms with Crippen LogP contribution >= 0.6 is 18.9 Å². The third-order valence-electron chi connectivity index (χ3n) is 20.8. The Morgan fingerprint density at radius 1 is 0.819 bits per heavy atom. The van der Waals surface area contributed by atoms with Crippen LogP contribution in [0.2, 0.25) is 0 Å². The molecule has 4 atom stereocenters. The van der Waals surface area contributed by atoms with E-state index in [1.54, 1.807) is 62.7 Å². The summed E-state index contributed by atoms with van der Waals surface area (Å²) in [5.74, 6) is -2.58. The van der Waals surface area contributed by atoms with Crippen LogP contribution < -0.4 is 42.0 Å². The van der Waals surface area contributed by atoms with E-state index in [9.17, 15) is 57.8 Å². The number of nitrogens with zero attached hydrogens (tertiary/aromatic N) is 7. The maximum absolute atomic E-state index is 13.8.